The van der Waals surface area contributed by atoms with Gasteiger partial charge in [-0.15, -0.1) is 0 Å². The molecule has 8 heteroatoms. The zero-order valence-corrected chi connectivity index (χ0v) is 19.2. The molecule has 0 unspecified atom stereocenters. The first-order valence-corrected chi connectivity index (χ1v) is 11.2. The van der Waals surface area contributed by atoms with E-state index in [1.165, 1.54) is 0 Å². The van der Waals surface area contributed by atoms with Crippen LogP contribution in [0.1, 0.15) is 24.4 Å². The van der Waals surface area contributed by atoms with Crippen molar-refractivity contribution in [2.45, 2.75) is 13.8 Å². The number of fused-ring (bicyclic) bond motifs is 1. The van der Waals surface area contributed by atoms with Gasteiger partial charge in [-0.1, -0.05) is 12.1 Å². The number of ether oxygens (including phenoxy) is 3. The van der Waals surface area contributed by atoms with Crippen molar-refractivity contribution >= 4 is 44.2 Å². The van der Waals surface area contributed by atoms with E-state index >= 15 is 0 Å². The molecule has 1 saturated heterocycles. The van der Waals surface area contributed by atoms with Crippen LogP contribution >= 0.6 is 15.9 Å². The summed E-state index contributed by atoms with van der Waals surface area (Å²) in [4.78, 5) is 15.2. The van der Waals surface area contributed by atoms with E-state index in [4.69, 9.17) is 18.6 Å². The monoisotopic (exact) mass is 488 g/mol. The van der Waals surface area contributed by atoms with Crippen LogP contribution in [0.4, 0.5) is 11.4 Å². The van der Waals surface area contributed by atoms with Gasteiger partial charge in [-0.05, 0) is 41.9 Å². The second-order valence-corrected chi connectivity index (χ2v) is 7.86. The highest BCUT2D eigenvalue weighted by Gasteiger charge is 2.22. The Morgan fingerprint density at radius 2 is 1.84 bits per heavy atom. The summed E-state index contributed by atoms with van der Waals surface area (Å²) in [5.74, 6) is 1.14. The molecule has 1 fully saturated rings. The van der Waals surface area contributed by atoms with E-state index in [0.29, 0.717) is 49.2 Å². The second-order valence-electron chi connectivity index (χ2n) is 7.00. The zero-order chi connectivity index (χ0) is 21.8. The maximum absolute atomic E-state index is 13.0. The first kappa shape index (κ1) is 21.5. The van der Waals surface area contributed by atoms with E-state index in [1.807, 2.05) is 44.2 Å². The van der Waals surface area contributed by atoms with Gasteiger partial charge in [0.25, 0.3) is 5.91 Å². The highest BCUT2D eigenvalue weighted by Crippen LogP contribution is 2.39. The van der Waals surface area contributed by atoms with Crippen LogP contribution in [0.5, 0.6) is 11.5 Å². The molecule has 1 aromatic heterocycles. The van der Waals surface area contributed by atoms with Crippen molar-refractivity contribution in [3.63, 3.8) is 0 Å². The Morgan fingerprint density at radius 1 is 1.10 bits per heavy atom. The van der Waals surface area contributed by atoms with Crippen molar-refractivity contribution in [2.75, 3.05) is 49.7 Å². The molecule has 0 bridgehead atoms. The van der Waals surface area contributed by atoms with E-state index in [0.717, 1.165) is 28.6 Å². The number of halogens is 1. The molecule has 0 saturated carbocycles. The molecule has 31 heavy (non-hydrogen) atoms. The summed E-state index contributed by atoms with van der Waals surface area (Å²) in [6.07, 6.45) is 0. The Hall–Kier alpha value is -2.71. The molecule has 1 amide bonds. The summed E-state index contributed by atoms with van der Waals surface area (Å²) in [5, 5.41) is 3.77. The van der Waals surface area contributed by atoms with E-state index in [-0.39, 0.29) is 11.7 Å². The van der Waals surface area contributed by atoms with Gasteiger partial charge in [-0.3, -0.25) is 4.79 Å². The smallest absolute Gasteiger partial charge is 0.291 e. The number of hydrogen-bond acceptors (Lipinski definition) is 6. The maximum Gasteiger partial charge on any atom is 0.291 e. The number of furan rings is 1. The molecule has 4 rings (SSSR count). The molecule has 0 radical (unpaired) electrons. The van der Waals surface area contributed by atoms with Crippen LogP contribution in [-0.2, 0) is 4.74 Å². The lowest BCUT2D eigenvalue weighted by atomic mass is 10.2. The summed E-state index contributed by atoms with van der Waals surface area (Å²) in [5.41, 5.74) is 2.10. The number of para-hydroxylation sites is 1. The number of morpholine rings is 1. The average molecular weight is 489 g/mol. The SMILES string of the molecule is CCOc1cc(N2CCOCC2)c(OCC)cc1NC(=O)c1cc2cccc(Br)c2o1. The third-order valence-corrected chi connectivity index (χ3v) is 5.61. The molecule has 2 aromatic carbocycles. The maximum atomic E-state index is 13.0. The highest BCUT2D eigenvalue weighted by atomic mass is 79.9. The quantitative estimate of drug-likeness (QED) is 0.499. The second kappa shape index (κ2) is 9.62. The topological polar surface area (TPSA) is 73.2 Å². The fourth-order valence-corrected chi connectivity index (χ4v) is 4.03. The van der Waals surface area contributed by atoms with Crippen LogP contribution in [0.2, 0.25) is 0 Å². The van der Waals surface area contributed by atoms with Gasteiger partial charge in [0.1, 0.15) is 17.1 Å². The molecule has 1 N–H and O–H groups in total. The number of nitrogens with one attached hydrogen (secondary N) is 1. The number of benzene rings is 2. The molecular weight excluding hydrogens is 464 g/mol. The van der Waals surface area contributed by atoms with Gasteiger partial charge in [0, 0.05) is 30.6 Å². The lowest BCUT2D eigenvalue weighted by Crippen LogP contribution is -2.36. The summed E-state index contributed by atoms with van der Waals surface area (Å²) in [7, 11) is 0. The number of carbonyl (C=O) groups is 1. The molecule has 7 nitrogen and oxygen atoms in total. The van der Waals surface area contributed by atoms with Gasteiger partial charge in [0.15, 0.2) is 5.76 Å². The van der Waals surface area contributed by atoms with Crippen LogP contribution in [0.25, 0.3) is 11.0 Å². The van der Waals surface area contributed by atoms with Crippen molar-refractivity contribution in [3.05, 3.63) is 46.6 Å². The van der Waals surface area contributed by atoms with E-state index < -0.39 is 0 Å². The minimum atomic E-state index is -0.356. The van der Waals surface area contributed by atoms with Gasteiger partial charge in [-0.25, -0.2) is 0 Å². The van der Waals surface area contributed by atoms with Gasteiger partial charge in [0.2, 0.25) is 0 Å². The number of hydrogen-bond donors (Lipinski definition) is 1. The Bertz CT molecular complexity index is 1080. The zero-order valence-electron chi connectivity index (χ0n) is 17.6. The molecule has 0 atom stereocenters. The highest BCUT2D eigenvalue weighted by molar-refractivity contribution is 9.10. The molecule has 0 spiro atoms. The normalized spacial score (nSPS) is 14.0. The third-order valence-electron chi connectivity index (χ3n) is 4.98. The van der Waals surface area contributed by atoms with Crippen molar-refractivity contribution < 1.29 is 23.4 Å². The van der Waals surface area contributed by atoms with Crippen LogP contribution < -0.4 is 19.7 Å². The molecule has 1 aliphatic rings. The van der Waals surface area contributed by atoms with Crippen molar-refractivity contribution in [1.82, 2.24) is 0 Å². The lowest BCUT2D eigenvalue weighted by molar-refractivity contribution is 0.0998. The molecule has 0 aliphatic carbocycles. The number of rotatable bonds is 7. The van der Waals surface area contributed by atoms with Gasteiger partial charge < -0.3 is 28.8 Å². The summed E-state index contributed by atoms with van der Waals surface area (Å²) < 4.78 is 23.8. The predicted molar refractivity (Wildman–Crippen MR) is 124 cm³/mol. The molecular formula is C23H25BrN2O5. The Kier molecular flexibility index (Phi) is 6.67. The van der Waals surface area contributed by atoms with Crippen LogP contribution in [0.3, 0.4) is 0 Å². The largest absolute Gasteiger partial charge is 0.492 e. The number of anilines is 2. The lowest BCUT2D eigenvalue weighted by Gasteiger charge is -2.31. The van der Waals surface area contributed by atoms with Crippen LogP contribution in [0.15, 0.2) is 45.3 Å². The molecule has 1 aliphatic heterocycles. The number of carbonyl (C=O) groups excluding carboxylic acids is 1. The van der Waals surface area contributed by atoms with Crippen molar-refractivity contribution in [2.24, 2.45) is 0 Å². The molecule has 3 aromatic rings. The molecule has 2 heterocycles. The summed E-state index contributed by atoms with van der Waals surface area (Å²) in [6, 6.07) is 11.1. The van der Waals surface area contributed by atoms with Gasteiger partial charge in [-0.2, -0.15) is 0 Å². The van der Waals surface area contributed by atoms with Crippen LogP contribution in [-0.4, -0.2) is 45.4 Å². The minimum absolute atomic E-state index is 0.222. The number of nitrogens with zero attached hydrogens (tertiary/aromatic N) is 1. The number of amides is 1. The fourth-order valence-electron chi connectivity index (χ4n) is 3.57. The van der Waals surface area contributed by atoms with Crippen molar-refractivity contribution in [1.29, 1.82) is 0 Å². The first-order chi connectivity index (χ1) is 15.1. The molecule has 164 valence electrons. The standard InChI is InChI=1S/C23H25BrN2O5/c1-3-29-19-14-18(26-8-10-28-11-9-26)20(30-4-2)13-17(19)25-23(27)21-12-15-6-5-7-16(24)22(15)31-21/h5-7,12-14H,3-4,8-11H2,1-2H3,(H,25,27). The predicted octanol–water partition coefficient (Wildman–Crippen LogP) is 5.08. The third kappa shape index (κ3) is 4.65. The fraction of sp³-hybridized carbons (Fsp3) is 0.348. The summed E-state index contributed by atoms with van der Waals surface area (Å²) in [6.45, 7) is 7.69. The average Bonchev–Trinajstić information content (AvgIpc) is 3.22. The first-order valence-electron chi connectivity index (χ1n) is 10.4. The Balaban J connectivity index is 1.67. The van der Waals surface area contributed by atoms with E-state index in [2.05, 4.69) is 26.1 Å². The minimum Gasteiger partial charge on any atom is -0.492 e. The van der Waals surface area contributed by atoms with Gasteiger partial charge in [0.05, 0.1) is 42.3 Å². The van der Waals surface area contributed by atoms with E-state index in [9.17, 15) is 4.79 Å². The Labute approximate surface area is 189 Å². The Morgan fingerprint density at radius 3 is 2.55 bits per heavy atom. The summed E-state index contributed by atoms with van der Waals surface area (Å²) >= 11 is 3.46. The van der Waals surface area contributed by atoms with E-state index in [1.54, 1.807) is 6.07 Å². The van der Waals surface area contributed by atoms with Gasteiger partial charge >= 0.3 is 0 Å². The van der Waals surface area contributed by atoms with Crippen LogP contribution in [0, 0.1) is 0 Å². The van der Waals surface area contributed by atoms with Crippen molar-refractivity contribution in [3.8, 4) is 11.5 Å².